The first kappa shape index (κ1) is 20.9. The first-order chi connectivity index (χ1) is 13.7. The molecule has 0 saturated carbocycles. The number of benzene rings is 2. The zero-order chi connectivity index (χ0) is 21.2. The molecule has 2 aromatic carbocycles. The van der Waals surface area contributed by atoms with Gasteiger partial charge in [-0.25, -0.2) is 8.42 Å². The van der Waals surface area contributed by atoms with Gasteiger partial charge in [-0.1, -0.05) is 26.0 Å². The number of aldehydes is 1. The van der Waals surface area contributed by atoms with E-state index in [0.717, 1.165) is 12.5 Å². The Balaban J connectivity index is 1.95. The summed E-state index contributed by atoms with van der Waals surface area (Å²) < 4.78 is 33.0. The minimum absolute atomic E-state index is 0.0996. The summed E-state index contributed by atoms with van der Waals surface area (Å²) >= 11 is 0. The maximum absolute atomic E-state index is 13.0. The number of nitrogens with zero attached hydrogens (tertiary/aromatic N) is 2. The van der Waals surface area contributed by atoms with Crippen LogP contribution in [0.1, 0.15) is 30.6 Å². The molecule has 0 bridgehead atoms. The van der Waals surface area contributed by atoms with E-state index in [1.54, 1.807) is 18.2 Å². The van der Waals surface area contributed by atoms with Crippen molar-refractivity contribution in [3.63, 3.8) is 0 Å². The molecule has 0 aromatic heterocycles. The van der Waals surface area contributed by atoms with Crippen LogP contribution in [0.4, 0.5) is 5.69 Å². The maximum Gasteiger partial charge on any atom is 0.312 e. The zero-order valence-electron chi connectivity index (χ0n) is 16.1. The molecule has 2 atom stereocenters. The van der Waals surface area contributed by atoms with Crippen molar-refractivity contribution in [2.24, 2.45) is 11.8 Å². The van der Waals surface area contributed by atoms with Gasteiger partial charge in [-0.15, -0.1) is 0 Å². The van der Waals surface area contributed by atoms with Crippen LogP contribution in [0.5, 0.6) is 11.5 Å². The summed E-state index contributed by atoms with van der Waals surface area (Å²) in [6.45, 7) is 4.75. The van der Waals surface area contributed by atoms with Crippen LogP contribution in [0.15, 0.2) is 47.4 Å². The van der Waals surface area contributed by atoms with Crippen LogP contribution < -0.4 is 4.74 Å². The monoisotopic (exact) mass is 418 g/mol. The van der Waals surface area contributed by atoms with E-state index in [1.165, 1.54) is 22.5 Å². The summed E-state index contributed by atoms with van der Waals surface area (Å²) in [7, 11) is -3.86. The molecule has 0 radical (unpaired) electrons. The summed E-state index contributed by atoms with van der Waals surface area (Å²) in [4.78, 5) is 21.6. The Morgan fingerprint density at radius 2 is 1.83 bits per heavy atom. The van der Waals surface area contributed by atoms with Crippen molar-refractivity contribution in [3.05, 3.63) is 58.1 Å². The molecule has 9 heteroatoms. The van der Waals surface area contributed by atoms with E-state index < -0.39 is 20.6 Å². The average Bonchev–Trinajstić information content (AvgIpc) is 2.67. The second kappa shape index (κ2) is 8.30. The first-order valence-electron chi connectivity index (χ1n) is 9.22. The van der Waals surface area contributed by atoms with Gasteiger partial charge >= 0.3 is 5.69 Å². The number of ether oxygens (including phenoxy) is 1. The van der Waals surface area contributed by atoms with E-state index in [2.05, 4.69) is 0 Å². The van der Waals surface area contributed by atoms with Crippen LogP contribution in [-0.4, -0.2) is 37.0 Å². The fourth-order valence-electron chi connectivity index (χ4n) is 3.62. The largest absolute Gasteiger partial charge is 0.450 e. The van der Waals surface area contributed by atoms with Crippen molar-refractivity contribution >= 4 is 22.0 Å². The summed E-state index contributed by atoms with van der Waals surface area (Å²) in [5.41, 5.74) is -0.0987. The van der Waals surface area contributed by atoms with E-state index in [4.69, 9.17) is 4.74 Å². The van der Waals surface area contributed by atoms with Crippen molar-refractivity contribution in [1.82, 2.24) is 4.31 Å². The third-order valence-electron chi connectivity index (χ3n) is 4.82. The zero-order valence-corrected chi connectivity index (χ0v) is 17.0. The highest BCUT2D eigenvalue weighted by atomic mass is 32.2. The number of carbonyl (C=O) groups is 1. The van der Waals surface area contributed by atoms with Crippen LogP contribution in [0, 0.1) is 22.0 Å². The molecule has 1 fully saturated rings. The van der Waals surface area contributed by atoms with Gasteiger partial charge in [0.2, 0.25) is 15.8 Å². The van der Waals surface area contributed by atoms with Gasteiger partial charge in [0.25, 0.3) is 0 Å². The molecule has 1 saturated heterocycles. The summed E-state index contributed by atoms with van der Waals surface area (Å²) in [5, 5.41) is 11.6. The molecular weight excluding hydrogens is 396 g/mol. The molecule has 0 amide bonds. The molecular formula is C20H22N2O6S. The van der Waals surface area contributed by atoms with Crippen molar-refractivity contribution in [2.75, 3.05) is 13.1 Å². The minimum atomic E-state index is -3.86. The van der Waals surface area contributed by atoms with Crippen molar-refractivity contribution in [2.45, 2.75) is 25.2 Å². The average molecular weight is 418 g/mol. The van der Waals surface area contributed by atoms with Gasteiger partial charge in [-0.05, 0) is 42.5 Å². The smallest absolute Gasteiger partial charge is 0.312 e. The van der Waals surface area contributed by atoms with Crippen molar-refractivity contribution < 1.29 is 22.9 Å². The molecule has 154 valence electrons. The van der Waals surface area contributed by atoms with Gasteiger partial charge in [0.05, 0.1) is 9.82 Å². The van der Waals surface area contributed by atoms with Crippen LogP contribution in [0.25, 0.3) is 0 Å². The summed E-state index contributed by atoms with van der Waals surface area (Å²) in [6.07, 6.45) is 1.58. The summed E-state index contributed by atoms with van der Waals surface area (Å²) in [6, 6.07) is 9.77. The molecule has 3 rings (SSSR count). The second-order valence-electron chi connectivity index (χ2n) is 7.45. The van der Waals surface area contributed by atoms with Gasteiger partial charge in [-0.3, -0.25) is 14.9 Å². The number of rotatable bonds is 6. The summed E-state index contributed by atoms with van der Waals surface area (Å²) in [5.74, 6) is 0.580. The van der Waals surface area contributed by atoms with Crippen LogP contribution in [0.2, 0.25) is 0 Å². The normalized spacial score (nSPS) is 20.2. The molecule has 0 N–H and O–H groups in total. The van der Waals surface area contributed by atoms with E-state index in [1.807, 2.05) is 13.8 Å². The molecule has 2 aromatic rings. The van der Waals surface area contributed by atoms with Gasteiger partial charge in [0.1, 0.15) is 12.0 Å². The van der Waals surface area contributed by atoms with Gasteiger partial charge in [0.15, 0.2) is 0 Å². The lowest BCUT2D eigenvalue weighted by Crippen LogP contribution is -2.42. The van der Waals surface area contributed by atoms with Crippen molar-refractivity contribution in [1.29, 1.82) is 0 Å². The SMILES string of the molecule is C[C@@H]1C[C@@H](C)CN(S(=O)(=O)c2ccc(Oc3cccc(C=O)c3)c([N+](=O)[O-])c2)C1. The van der Waals surface area contributed by atoms with Crippen LogP contribution in [-0.2, 0) is 10.0 Å². The van der Waals surface area contributed by atoms with E-state index in [9.17, 15) is 23.3 Å². The number of hydrogen-bond acceptors (Lipinski definition) is 6. The van der Waals surface area contributed by atoms with Crippen LogP contribution in [0.3, 0.4) is 0 Å². The molecule has 29 heavy (non-hydrogen) atoms. The van der Waals surface area contributed by atoms with Gasteiger partial charge in [-0.2, -0.15) is 4.31 Å². The Kier molecular flexibility index (Phi) is 5.99. The highest BCUT2D eigenvalue weighted by Gasteiger charge is 2.33. The van der Waals surface area contributed by atoms with Gasteiger partial charge in [0, 0.05) is 24.7 Å². The number of nitro groups is 1. The van der Waals surface area contributed by atoms with E-state index in [0.29, 0.717) is 24.9 Å². The standard InChI is InChI=1S/C20H22N2O6S/c1-14-8-15(2)12-21(11-14)29(26,27)18-6-7-20(19(10-18)22(24)25)28-17-5-3-4-16(9-17)13-23/h3-7,9-10,13-15H,8,11-12H2,1-2H3/t14-,15-/m1/s1. The lowest BCUT2D eigenvalue weighted by atomic mass is 9.94. The van der Waals surface area contributed by atoms with Gasteiger partial charge < -0.3 is 4.74 Å². The second-order valence-corrected chi connectivity index (χ2v) is 9.39. The number of sulfonamides is 1. The quantitative estimate of drug-likeness (QED) is 0.400. The minimum Gasteiger partial charge on any atom is -0.450 e. The predicted molar refractivity (Wildman–Crippen MR) is 107 cm³/mol. The van der Waals surface area contributed by atoms with E-state index >= 15 is 0 Å². The highest BCUT2D eigenvalue weighted by Crippen LogP contribution is 2.35. The lowest BCUT2D eigenvalue weighted by molar-refractivity contribution is -0.385. The molecule has 1 aliphatic rings. The first-order valence-corrected chi connectivity index (χ1v) is 10.7. The molecule has 8 nitrogen and oxygen atoms in total. The Morgan fingerprint density at radius 1 is 1.14 bits per heavy atom. The Bertz CT molecular complexity index is 1030. The molecule has 1 heterocycles. The lowest BCUT2D eigenvalue weighted by Gasteiger charge is -2.34. The maximum atomic E-state index is 13.0. The number of piperidine rings is 1. The third-order valence-corrected chi connectivity index (χ3v) is 6.65. The molecule has 0 aliphatic carbocycles. The Morgan fingerprint density at radius 3 is 2.45 bits per heavy atom. The third kappa shape index (κ3) is 4.63. The van der Waals surface area contributed by atoms with E-state index in [-0.39, 0.29) is 28.2 Å². The number of carbonyl (C=O) groups excluding carboxylic acids is 1. The fraction of sp³-hybridized carbons (Fsp3) is 0.350. The predicted octanol–water partition coefficient (Wildman–Crippen LogP) is 3.87. The number of hydrogen-bond donors (Lipinski definition) is 0. The Hall–Kier alpha value is -2.78. The fourth-order valence-corrected chi connectivity index (χ4v) is 5.32. The molecule has 0 spiro atoms. The molecule has 0 unspecified atom stereocenters. The topological polar surface area (TPSA) is 107 Å². The highest BCUT2D eigenvalue weighted by molar-refractivity contribution is 7.89. The number of nitro benzene ring substituents is 1. The van der Waals surface area contributed by atoms with Crippen molar-refractivity contribution in [3.8, 4) is 11.5 Å². The molecule has 1 aliphatic heterocycles. The Labute approximate surface area is 169 Å². The van der Waals surface area contributed by atoms with Crippen LogP contribution >= 0.6 is 0 Å².